The van der Waals surface area contributed by atoms with Gasteiger partial charge >= 0.3 is 0 Å². The van der Waals surface area contributed by atoms with Crippen LogP contribution in [0, 0.1) is 12.8 Å². The summed E-state index contributed by atoms with van der Waals surface area (Å²) in [5, 5.41) is 3.53. The zero-order valence-corrected chi connectivity index (χ0v) is 13.1. The van der Waals surface area contributed by atoms with E-state index in [1.165, 1.54) is 24.0 Å². The van der Waals surface area contributed by atoms with Crippen LogP contribution in [-0.2, 0) is 6.54 Å². The van der Waals surface area contributed by atoms with E-state index in [2.05, 4.69) is 31.3 Å². The van der Waals surface area contributed by atoms with Gasteiger partial charge in [-0.2, -0.15) is 0 Å². The number of hydrogen-bond donors (Lipinski definition) is 1. The summed E-state index contributed by atoms with van der Waals surface area (Å²) in [5.41, 5.74) is 2.49. The van der Waals surface area contributed by atoms with Gasteiger partial charge < -0.3 is 10.1 Å². The Hall–Kier alpha value is -0.730. The average molecular weight is 284 g/mol. The van der Waals surface area contributed by atoms with Crippen molar-refractivity contribution in [2.75, 3.05) is 19.5 Å². The Morgan fingerprint density at radius 2 is 2.11 bits per heavy atom. The van der Waals surface area contributed by atoms with Gasteiger partial charge in [-0.1, -0.05) is 31.0 Å². The Balaban J connectivity index is 2.49. The lowest BCUT2D eigenvalue weighted by atomic mass is 10.0. The molecule has 0 fully saturated rings. The highest BCUT2D eigenvalue weighted by atomic mass is 35.5. The predicted molar refractivity (Wildman–Crippen MR) is 83.2 cm³/mol. The van der Waals surface area contributed by atoms with E-state index in [1.807, 2.05) is 6.07 Å². The van der Waals surface area contributed by atoms with Gasteiger partial charge in [0.1, 0.15) is 5.75 Å². The molecule has 0 heterocycles. The van der Waals surface area contributed by atoms with E-state index in [0.717, 1.165) is 31.1 Å². The monoisotopic (exact) mass is 283 g/mol. The number of hydrogen-bond acceptors (Lipinski definition) is 2. The Morgan fingerprint density at radius 1 is 1.32 bits per heavy atom. The van der Waals surface area contributed by atoms with E-state index in [9.17, 15) is 0 Å². The van der Waals surface area contributed by atoms with Gasteiger partial charge in [-0.05, 0) is 38.3 Å². The Labute approximate surface area is 122 Å². The maximum Gasteiger partial charge on any atom is 0.123 e. The molecule has 1 unspecified atom stereocenters. The van der Waals surface area contributed by atoms with Crippen LogP contribution < -0.4 is 10.1 Å². The quantitative estimate of drug-likeness (QED) is 0.688. The molecule has 0 radical (unpaired) electrons. The molecule has 0 bridgehead atoms. The highest BCUT2D eigenvalue weighted by Gasteiger charge is 2.08. The fourth-order valence-corrected chi connectivity index (χ4v) is 2.68. The fourth-order valence-electron chi connectivity index (χ4n) is 2.37. The molecule has 0 amide bonds. The van der Waals surface area contributed by atoms with Crippen molar-refractivity contribution >= 4 is 11.6 Å². The molecule has 108 valence electrons. The van der Waals surface area contributed by atoms with Crippen molar-refractivity contribution in [1.29, 1.82) is 0 Å². The fraction of sp³-hybridized carbons (Fsp3) is 0.625. The first-order valence-corrected chi connectivity index (χ1v) is 7.64. The van der Waals surface area contributed by atoms with Gasteiger partial charge in [0.05, 0.1) is 7.11 Å². The molecule has 0 spiro atoms. The Bertz CT molecular complexity index is 362. The zero-order valence-electron chi connectivity index (χ0n) is 12.3. The largest absolute Gasteiger partial charge is 0.496 e. The lowest BCUT2D eigenvalue weighted by Crippen LogP contribution is -2.23. The highest BCUT2D eigenvalue weighted by molar-refractivity contribution is 6.17. The molecule has 0 aliphatic carbocycles. The minimum Gasteiger partial charge on any atom is -0.496 e. The number of rotatable bonds is 9. The molecule has 1 aromatic rings. The topological polar surface area (TPSA) is 21.3 Å². The molecule has 1 atom stereocenters. The molecular formula is C16H26ClNO. The molecule has 19 heavy (non-hydrogen) atoms. The van der Waals surface area contributed by atoms with Gasteiger partial charge in [-0.25, -0.2) is 0 Å². The summed E-state index contributed by atoms with van der Waals surface area (Å²) < 4.78 is 5.39. The molecule has 3 heteroatoms. The molecule has 1 aromatic carbocycles. The minimum atomic E-state index is 0.679. The SMILES string of the molecule is CCCC(CCCl)CNCc1cc(C)ccc1OC. The third-order valence-electron chi connectivity index (χ3n) is 3.40. The number of methoxy groups -OCH3 is 1. The van der Waals surface area contributed by atoms with Crippen LogP contribution in [0.2, 0.25) is 0 Å². The van der Waals surface area contributed by atoms with Gasteiger partial charge in [0.15, 0.2) is 0 Å². The third kappa shape index (κ3) is 5.84. The van der Waals surface area contributed by atoms with E-state index >= 15 is 0 Å². The van der Waals surface area contributed by atoms with Crippen LogP contribution in [0.15, 0.2) is 18.2 Å². The normalized spacial score (nSPS) is 12.4. The lowest BCUT2D eigenvalue weighted by Gasteiger charge is -2.16. The van der Waals surface area contributed by atoms with Crippen LogP contribution in [0.3, 0.4) is 0 Å². The summed E-state index contributed by atoms with van der Waals surface area (Å²) >= 11 is 5.85. The molecule has 1 N–H and O–H groups in total. The van der Waals surface area contributed by atoms with Crippen LogP contribution >= 0.6 is 11.6 Å². The van der Waals surface area contributed by atoms with Crippen molar-refractivity contribution in [1.82, 2.24) is 5.32 Å². The number of benzene rings is 1. The summed E-state index contributed by atoms with van der Waals surface area (Å²) in [5.74, 6) is 2.39. The molecule has 0 aromatic heterocycles. The van der Waals surface area contributed by atoms with Crippen molar-refractivity contribution in [2.24, 2.45) is 5.92 Å². The Morgan fingerprint density at radius 3 is 2.74 bits per heavy atom. The first kappa shape index (κ1) is 16.3. The van der Waals surface area contributed by atoms with Crippen molar-refractivity contribution in [3.05, 3.63) is 29.3 Å². The van der Waals surface area contributed by atoms with Gasteiger partial charge in [0.2, 0.25) is 0 Å². The molecule has 0 saturated carbocycles. The van der Waals surface area contributed by atoms with Crippen LogP contribution in [0.25, 0.3) is 0 Å². The first-order chi connectivity index (χ1) is 9.21. The van der Waals surface area contributed by atoms with Gasteiger partial charge in [-0.3, -0.25) is 0 Å². The summed E-state index contributed by atoms with van der Waals surface area (Å²) in [7, 11) is 1.72. The maximum absolute atomic E-state index is 5.85. The molecule has 1 rings (SSSR count). The summed E-state index contributed by atoms with van der Waals surface area (Å²) in [6, 6.07) is 6.30. The maximum atomic E-state index is 5.85. The van der Waals surface area contributed by atoms with Gasteiger partial charge in [0, 0.05) is 18.0 Å². The van der Waals surface area contributed by atoms with Gasteiger partial charge in [0.25, 0.3) is 0 Å². The Kier molecular flexibility index (Phi) is 7.92. The van der Waals surface area contributed by atoms with Crippen molar-refractivity contribution < 1.29 is 4.74 Å². The third-order valence-corrected chi connectivity index (χ3v) is 3.62. The lowest BCUT2D eigenvalue weighted by molar-refractivity contribution is 0.400. The van der Waals surface area contributed by atoms with Crippen molar-refractivity contribution in [3.63, 3.8) is 0 Å². The second-order valence-corrected chi connectivity index (χ2v) is 5.46. The van der Waals surface area contributed by atoms with Gasteiger partial charge in [-0.15, -0.1) is 11.6 Å². The number of aryl methyl sites for hydroxylation is 1. The van der Waals surface area contributed by atoms with E-state index in [4.69, 9.17) is 16.3 Å². The molecule has 0 aliphatic rings. The highest BCUT2D eigenvalue weighted by Crippen LogP contribution is 2.19. The van der Waals surface area contributed by atoms with Crippen LogP contribution in [-0.4, -0.2) is 19.5 Å². The number of ether oxygens (including phenoxy) is 1. The number of halogens is 1. The van der Waals surface area contributed by atoms with Crippen LogP contribution in [0.4, 0.5) is 0 Å². The van der Waals surface area contributed by atoms with E-state index < -0.39 is 0 Å². The second-order valence-electron chi connectivity index (χ2n) is 5.08. The standard InChI is InChI=1S/C16H26ClNO/c1-4-5-14(8-9-17)11-18-12-15-10-13(2)6-7-16(15)19-3/h6-7,10,14,18H,4-5,8-9,11-12H2,1-3H3. The van der Waals surface area contributed by atoms with Crippen molar-refractivity contribution in [2.45, 2.75) is 39.7 Å². The van der Waals surface area contributed by atoms with E-state index in [-0.39, 0.29) is 0 Å². The molecule has 0 saturated heterocycles. The molecule has 0 aliphatic heterocycles. The summed E-state index contributed by atoms with van der Waals surface area (Å²) in [6.45, 7) is 6.21. The predicted octanol–water partition coefficient (Wildman–Crippen LogP) is 4.14. The number of alkyl halides is 1. The molecular weight excluding hydrogens is 258 g/mol. The summed E-state index contributed by atoms with van der Waals surface area (Å²) in [4.78, 5) is 0. The zero-order chi connectivity index (χ0) is 14.1. The smallest absolute Gasteiger partial charge is 0.123 e. The van der Waals surface area contributed by atoms with E-state index in [1.54, 1.807) is 7.11 Å². The number of nitrogens with one attached hydrogen (secondary N) is 1. The van der Waals surface area contributed by atoms with E-state index in [0.29, 0.717) is 5.92 Å². The first-order valence-electron chi connectivity index (χ1n) is 7.11. The molecule has 2 nitrogen and oxygen atoms in total. The van der Waals surface area contributed by atoms with Crippen LogP contribution in [0.1, 0.15) is 37.3 Å². The minimum absolute atomic E-state index is 0.679. The van der Waals surface area contributed by atoms with Crippen molar-refractivity contribution in [3.8, 4) is 5.75 Å². The second kappa shape index (κ2) is 9.22. The summed E-state index contributed by atoms with van der Waals surface area (Å²) in [6.07, 6.45) is 3.55. The van der Waals surface area contributed by atoms with Crippen LogP contribution in [0.5, 0.6) is 5.75 Å². The average Bonchev–Trinajstić information content (AvgIpc) is 2.39.